The zero-order valence-corrected chi connectivity index (χ0v) is 12.7. The van der Waals surface area contributed by atoms with Gasteiger partial charge in [0.05, 0.1) is 13.0 Å². The van der Waals surface area contributed by atoms with E-state index in [1.54, 1.807) is 14.0 Å². The number of carboxylic acids is 1. The van der Waals surface area contributed by atoms with Crippen molar-refractivity contribution in [2.24, 2.45) is 0 Å². The summed E-state index contributed by atoms with van der Waals surface area (Å²) in [6.07, 6.45) is 0. The van der Waals surface area contributed by atoms with Crippen molar-refractivity contribution in [2.75, 3.05) is 7.11 Å². The van der Waals surface area contributed by atoms with Gasteiger partial charge in [0.2, 0.25) is 0 Å². The molecule has 0 aliphatic heterocycles. The number of carboxylic acid groups (broad SMARTS) is 1. The second-order valence-corrected chi connectivity index (χ2v) is 5.38. The van der Waals surface area contributed by atoms with Gasteiger partial charge in [-0.1, -0.05) is 24.3 Å². The molecule has 2 aromatic carbocycles. The highest BCUT2D eigenvalue weighted by Gasteiger charge is 2.13. The van der Waals surface area contributed by atoms with E-state index < -0.39 is 22.3 Å². The number of methoxy groups -OCH3 is 1. The maximum Gasteiger partial charge on any atom is 0.394 e. The standard InChI is InChI=1S/C14H14O3.H2O4S/c1-9(14(15)16)10-3-4-12-8-13(17-2)6-5-11(12)7-10;1-5(2,3)4/h3-9H,1-2H3,(H,15,16);(H2,1,2,3,4)/t9-;/m0./s1. The molecule has 120 valence electrons. The summed E-state index contributed by atoms with van der Waals surface area (Å²) in [5.41, 5.74) is 0.815. The predicted octanol–water partition coefficient (Wildman–Crippen LogP) is 2.38. The normalized spacial score (nSPS) is 12.2. The third-order valence-electron chi connectivity index (χ3n) is 2.94. The summed E-state index contributed by atoms with van der Waals surface area (Å²) in [5, 5.41) is 11.0. The maximum atomic E-state index is 10.9. The van der Waals surface area contributed by atoms with Crippen molar-refractivity contribution >= 4 is 27.1 Å². The molecule has 0 spiro atoms. The molecule has 0 fully saturated rings. The van der Waals surface area contributed by atoms with E-state index in [9.17, 15) is 4.79 Å². The average Bonchev–Trinajstić information content (AvgIpc) is 2.43. The van der Waals surface area contributed by atoms with Gasteiger partial charge in [0.1, 0.15) is 5.75 Å². The monoisotopic (exact) mass is 328 g/mol. The van der Waals surface area contributed by atoms with Gasteiger partial charge in [-0.25, -0.2) is 0 Å². The molecule has 0 unspecified atom stereocenters. The van der Waals surface area contributed by atoms with Crippen LogP contribution in [0.5, 0.6) is 5.75 Å². The minimum atomic E-state index is -4.67. The van der Waals surface area contributed by atoms with Crippen LogP contribution >= 0.6 is 0 Å². The smallest absolute Gasteiger partial charge is 0.394 e. The molecule has 0 bridgehead atoms. The van der Waals surface area contributed by atoms with Crippen molar-refractivity contribution in [3.05, 3.63) is 42.0 Å². The number of ether oxygens (including phenoxy) is 1. The Hall–Kier alpha value is -2.16. The first-order chi connectivity index (χ1) is 10.1. The number of fused-ring (bicyclic) bond motifs is 1. The lowest BCUT2D eigenvalue weighted by Gasteiger charge is -2.08. The van der Waals surface area contributed by atoms with Crippen molar-refractivity contribution in [3.8, 4) is 5.75 Å². The Bertz CT molecular complexity index is 760. The summed E-state index contributed by atoms with van der Waals surface area (Å²) >= 11 is 0. The molecule has 3 N–H and O–H groups in total. The van der Waals surface area contributed by atoms with E-state index in [4.69, 9.17) is 27.4 Å². The van der Waals surface area contributed by atoms with Crippen molar-refractivity contribution in [2.45, 2.75) is 12.8 Å². The number of carbonyl (C=O) groups is 1. The predicted molar refractivity (Wildman–Crippen MR) is 80.7 cm³/mol. The molecule has 0 aliphatic rings. The Morgan fingerprint density at radius 1 is 1.09 bits per heavy atom. The summed E-state index contributed by atoms with van der Waals surface area (Å²) in [6, 6.07) is 11.4. The van der Waals surface area contributed by atoms with E-state index in [1.165, 1.54) is 0 Å². The number of benzene rings is 2. The zero-order valence-electron chi connectivity index (χ0n) is 11.9. The Morgan fingerprint density at radius 2 is 1.59 bits per heavy atom. The minimum absolute atomic E-state index is 0.485. The van der Waals surface area contributed by atoms with Gasteiger partial charge in [-0.2, -0.15) is 8.42 Å². The SMILES string of the molecule is COc1ccc2cc([C@H](C)C(=O)O)ccc2c1.O=S(=O)(O)O. The third-order valence-corrected chi connectivity index (χ3v) is 2.94. The van der Waals surface area contributed by atoms with Gasteiger partial charge in [0.25, 0.3) is 0 Å². The van der Waals surface area contributed by atoms with E-state index in [0.29, 0.717) is 0 Å². The van der Waals surface area contributed by atoms with Gasteiger partial charge >= 0.3 is 16.4 Å². The Kier molecular flexibility index (Phi) is 5.86. The molecule has 0 aliphatic carbocycles. The largest absolute Gasteiger partial charge is 0.497 e. The number of aliphatic carboxylic acids is 1. The van der Waals surface area contributed by atoms with Crippen LogP contribution in [0.15, 0.2) is 36.4 Å². The van der Waals surface area contributed by atoms with Crippen LogP contribution in [0.2, 0.25) is 0 Å². The van der Waals surface area contributed by atoms with Crippen LogP contribution in [-0.2, 0) is 15.2 Å². The van der Waals surface area contributed by atoms with Crippen LogP contribution < -0.4 is 4.74 Å². The van der Waals surface area contributed by atoms with Crippen LogP contribution in [0.25, 0.3) is 10.8 Å². The summed E-state index contributed by atoms with van der Waals surface area (Å²) < 4.78 is 36.7. The van der Waals surface area contributed by atoms with Gasteiger partial charge in [-0.15, -0.1) is 0 Å². The van der Waals surface area contributed by atoms with Gasteiger partial charge in [0, 0.05) is 0 Å². The van der Waals surface area contributed by atoms with E-state index in [0.717, 1.165) is 22.1 Å². The summed E-state index contributed by atoms with van der Waals surface area (Å²) in [4.78, 5) is 10.9. The second-order valence-electron chi connectivity index (χ2n) is 4.48. The summed E-state index contributed by atoms with van der Waals surface area (Å²) in [6.45, 7) is 1.69. The second kappa shape index (κ2) is 7.21. The summed E-state index contributed by atoms with van der Waals surface area (Å²) in [7, 11) is -3.04. The number of hydrogen-bond donors (Lipinski definition) is 3. The fraction of sp³-hybridized carbons (Fsp3) is 0.214. The van der Waals surface area contributed by atoms with Gasteiger partial charge in [-0.3, -0.25) is 13.9 Å². The molecular weight excluding hydrogens is 312 g/mol. The van der Waals surface area contributed by atoms with Gasteiger partial charge < -0.3 is 9.84 Å². The topological polar surface area (TPSA) is 121 Å². The van der Waals surface area contributed by atoms with Crippen LogP contribution in [0.3, 0.4) is 0 Å². The first-order valence-corrected chi connectivity index (χ1v) is 7.52. The molecule has 0 amide bonds. The van der Waals surface area contributed by atoms with E-state index in [-0.39, 0.29) is 0 Å². The van der Waals surface area contributed by atoms with Crippen LogP contribution in [0.1, 0.15) is 18.4 Å². The van der Waals surface area contributed by atoms with Crippen LogP contribution in [-0.4, -0.2) is 35.7 Å². The fourth-order valence-corrected chi connectivity index (χ4v) is 1.78. The molecule has 7 nitrogen and oxygen atoms in total. The molecule has 8 heteroatoms. The Balaban J connectivity index is 0.000000422. The van der Waals surface area contributed by atoms with E-state index in [2.05, 4.69) is 0 Å². The molecule has 0 heterocycles. The number of hydrogen-bond acceptors (Lipinski definition) is 4. The molecule has 0 saturated carbocycles. The Labute approximate surface area is 127 Å². The van der Waals surface area contributed by atoms with Crippen molar-refractivity contribution < 1.29 is 32.2 Å². The number of rotatable bonds is 3. The minimum Gasteiger partial charge on any atom is -0.497 e. The van der Waals surface area contributed by atoms with Gasteiger partial charge in [-0.05, 0) is 35.4 Å². The summed E-state index contributed by atoms with van der Waals surface area (Å²) in [5.74, 6) is -0.490. The van der Waals surface area contributed by atoms with Gasteiger partial charge in [0.15, 0.2) is 0 Å². The lowest BCUT2D eigenvalue weighted by molar-refractivity contribution is -0.138. The highest BCUT2D eigenvalue weighted by molar-refractivity contribution is 7.79. The molecular formula is C14H16O7S. The molecule has 22 heavy (non-hydrogen) atoms. The van der Waals surface area contributed by atoms with E-state index >= 15 is 0 Å². The Morgan fingerprint density at radius 3 is 2.09 bits per heavy atom. The molecule has 2 aromatic rings. The molecule has 2 rings (SSSR count). The quantitative estimate of drug-likeness (QED) is 0.739. The zero-order chi connectivity index (χ0) is 16.9. The average molecular weight is 328 g/mol. The molecule has 0 aromatic heterocycles. The third kappa shape index (κ3) is 5.68. The lowest BCUT2D eigenvalue weighted by Crippen LogP contribution is -2.06. The van der Waals surface area contributed by atoms with Crippen LogP contribution in [0.4, 0.5) is 0 Å². The van der Waals surface area contributed by atoms with Crippen molar-refractivity contribution in [1.82, 2.24) is 0 Å². The maximum absolute atomic E-state index is 10.9. The van der Waals surface area contributed by atoms with Crippen molar-refractivity contribution in [1.29, 1.82) is 0 Å². The first kappa shape index (κ1) is 17.9. The lowest BCUT2D eigenvalue weighted by atomic mass is 9.98. The fourth-order valence-electron chi connectivity index (χ4n) is 1.78. The van der Waals surface area contributed by atoms with E-state index in [1.807, 2.05) is 36.4 Å². The highest BCUT2D eigenvalue weighted by atomic mass is 32.3. The first-order valence-electron chi connectivity index (χ1n) is 6.12. The molecule has 0 radical (unpaired) electrons. The molecule has 1 atom stereocenters. The highest BCUT2D eigenvalue weighted by Crippen LogP contribution is 2.25. The molecule has 0 saturated heterocycles. The van der Waals surface area contributed by atoms with Crippen molar-refractivity contribution in [3.63, 3.8) is 0 Å². The van der Waals surface area contributed by atoms with Crippen LogP contribution in [0, 0.1) is 0 Å².